The Morgan fingerprint density at radius 1 is 0.349 bits per heavy atom. The lowest BCUT2D eigenvalue weighted by Crippen LogP contribution is -1.96. The van der Waals surface area contributed by atoms with Crippen molar-refractivity contribution in [1.82, 2.24) is 19.9 Å². The highest BCUT2D eigenvalue weighted by Crippen LogP contribution is 2.44. The quantitative estimate of drug-likeness (QED) is 0.167. The highest BCUT2D eigenvalue weighted by atomic mass is 32.1. The van der Waals surface area contributed by atoms with Gasteiger partial charge in [0.2, 0.25) is 0 Å². The first-order valence-corrected chi connectivity index (χ1v) is 22.5. The van der Waals surface area contributed by atoms with Gasteiger partial charge in [-0.2, -0.15) is 0 Å². The molecule has 0 saturated carbocycles. The Morgan fingerprint density at radius 3 is 1.79 bits per heavy atom. The molecular formula is C56H32N4OS2. The molecule has 63 heavy (non-hydrogen) atoms. The summed E-state index contributed by atoms with van der Waals surface area (Å²) in [5, 5.41) is 5.69. The molecule has 8 aromatic carbocycles. The van der Waals surface area contributed by atoms with Crippen LogP contribution in [0, 0.1) is 0 Å². The summed E-state index contributed by atoms with van der Waals surface area (Å²) >= 11 is 3.58. The van der Waals surface area contributed by atoms with Gasteiger partial charge in [-0.15, -0.1) is 22.7 Å². The number of hydrogen-bond acceptors (Lipinski definition) is 7. The van der Waals surface area contributed by atoms with Crippen LogP contribution in [0.2, 0.25) is 0 Å². The van der Waals surface area contributed by atoms with Crippen LogP contribution in [0.25, 0.3) is 130 Å². The SMILES string of the molecule is c1ccc(-c2nc(-c3cccc(-c4cccc5c4sc4ccccc45)c3)cc(-c3cccc4oc5ccc(-c6nc(-c7ccccc7)nc7c6sc6ccccc67)cc5c34)n2)cc1. The van der Waals surface area contributed by atoms with E-state index >= 15 is 0 Å². The summed E-state index contributed by atoms with van der Waals surface area (Å²) in [5.41, 5.74) is 12.4. The summed E-state index contributed by atoms with van der Waals surface area (Å²) in [6.45, 7) is 0. The van der Waals surface area contributed by atoms with Crippen LogP contribution in [-0.4, -0.2) is 19.9 Å². The molecule has 0 spiro atoms. The van der Waals surface area contributed by atoms with Gasteiger partial charge in [0.15, 0.2) is 11.6 Å². The summed E-state index contributed by atoms with van der Waals surface area (Å²) in [5.74, 6) is 1.36. The zero-order valence-electron chi connectivity index (χ0n) is 33.5. The summed E-state index contributed by atoms with van der Waals surface area (Å²) in [6.07, 6.45) is 0. The second-order valence-electron chi connectivity index (χ2n) is 15.7. The predicted octanol–water partition coefficient (Wildman–Crippen LogP) is 15.9. The second-order valence-corrected chi connectivity index (χ2v) is 17.8. The number of benzene rings is 8. The Balaban J connectivity index is 0.999. The van der Waals surface area contributed by atoms with Crippen molar-refractivity contribution in [2.24, 2.45) is 0 Å². The lowest BCUT2D eigenvalue weighted by molar-refractivity contribution is 0.669. The van der Waals surface area contributed by atoms with Crippen molar-refractivity contribution < 1.29 is 4.42 Å². The van der Waals surface area contributed by atoms with Crippen LogP contribution in [0.1, 0.15) is 0 Å². The summed E-state index contributed by atoms with van der Waals surface area (Å²) < 4.78 is 11.4. The topological polar surface area (TPSA) is 64.7 Å². The van der Waals surface area contributed by atoms with E-state index in [0.717, 1.165) is 88.0 Å². The number of aromatic nitrogens is 4. The fraction of sp³-hybridized carbons (Fsp3) is 0. The third-order valence-corrected chi connectivity index (χ3v) is 14.3. The van der Waals surface area contributed by atoms with Crippen LogP contribution in [0.5, 0.6) is 0 Å². The Morgan fingerprint density at radius 2 is 0.968 bits per heavy atom. The minimum atomic E-state index is 0.659. The number of fused-ring (bicyclic) bond motifs is 9. The largest absolute Gasteiger partial charge is 0.456 e. The van der Waals surface area contributed by atoms with Crippen LogP contribution < -0.4 is 0 Å². The van der Waals surface area contributed by atoms with Gasteiger partial charge in [-0.1, -0.05) is 146 Å². The van der Waals surface area contributed by atoms with E-state index in [9.17, 15) is 0 Å². The monoisotopic (exact) mass is 840 g/mol. The van der Waals surface area contributed by atoms with E-state index in [-0.39, 0.29) is 0 Å². The van der Waals surface area contributed by atoms with E-state index in [2.05, 4.69) is 152 Å². The molecule has 0 fully saturated rings. The molecule has 0 bridgehead atoms. The van der Waals surface area contributed by atoms with E-state index in [0.29, 0.717) is 11.6 Å². The number of thiophene rings is 2. The number of furan rings is 1. The third kappa shape index (κ3) is 5.97. The number of rotatable bonds is 6. The summed E-state index contributed by atoms with van der Waals surface area (Å²) in [6, 6.07) is 67.7. The molecule has 0 atom stereocenters. The minimum Gasteiger partial charge on any atom is -0.456 e. The molecular weight excluding hydrogens is 809 g/mol. The molecule has 0 radical (unpaired) electrons. The van der Waals surface area contributed by atoms with Crippen molar-refractivity contribution in [3.63, 3.8) is 0 Å². The molecule has 0 unspecified atom stereocenters. The number of hydrogen-bond donors (Lipinski definition) is 0. The zero-order chi connectivity index (χ0) is 41.4. The first-order chi connectivity index (χ1) is 31.2. The Hall–Kier alpha value is -7.84. The van der Waals surface area contributed by atoms with Crippen LogP contribution in [-0.2, 0) is 0 Å². The molecule has 0 aliphatic rings. The van der Waals surface area contributed by atoms with Gasteiger partial charge in [0.05, 0.1) is 27.3 Å². The van der Waals surface area contributed by atoms with Crippen molar-refractivity contribution in [3.05, 3.63) is 194 Å². The fourth-order valence-electron chi connectivity index (χ4n) is 8.96. The van der Waals surface area contributed by atoms with E-state index < -0.39 is 0 Å². The van der Waals surface area contributed by atoms with Crippen molar-refractivity contribution >= 4 is 85.1 Å². The van der Waals surface area contributed by atoms with Gasteiger partial charge < -0.3 is 4.42 Å². The maximum absolute atomic E-state index is 6.61. The normalized spacial score (nSPS) is 11.8. The van der Waals surface area contributed by atoms with Gasteiger partial charge in [0.25, 0.3) is 0 Å². The molecule has 0 saturated heterocycles. The van der Waals surface area contributed by atoms with Gasteiger partial charge in [-0.3, -0.25) is 0 Å². The molecule has 0 amide bonds. The highest BCUT2D eigenvalue weighted by molar-refractivity contribution is 7.26. The average molecular weight is 841 g/mol. The third-order valence-electron chi connectivity index (χ3n) is 11.9. The molecule has 13 aromatic rings. The Kier molecular flexibility index (Phi) is 8.19. The van der Waals surface area contributed by atoms with E-state index in [1.165, 1.54) is 30.4 Å². The molecule has 5 nitrogen and oxygen atoms in total. The lowest BCUT2D eigenvalue weighted by atomic mass is 9.98. The maximum Gasteiger partial charge on any atom is 0.160 e. The Labute approximate surface area is 369 Å². The molecule has 5 aromatic heterocycles. The smallest absolute Gasteiger partial charge is 0.160 e. The highest BCUT2D eigenvalue weighted by Gasteiger charge is 2.21. The van der Waals surface area contributed by atoms with E-state index in [1.54, 1.807) is 11.3 Å². The van der Waals surface area contributed by atoms with Crippen LogP contribution in [0.4, 0.5) is 0 Å². The standard InChI is InChI=1S/C56H32N4OS2/c1-3-14-33(15-4-1)55-57-44(36-19-11-18-35(30-36)38-22-12-23-40-39-20-7-9-26-48(39)62-53(38)40)32-45(58-55)41-24-13-25-47-50(41)43-31-37(28-29-46(43)61-47)51-54-52(42-21-8-10-27-49(42)63-54)60-56(59-51)34-16-5-2-6-17-34/h1-32H. The molecule has 294 valence electrons. The maximum atomic E-state index is 6.61. The summed E-state index contributed by atoms with van der Waals surface area (Å²) in [4.78, 5) is 21.0. The lowest BCUT2D eigenvalue weighted by Gasteiger charge is -2.12. The second kappa shape index (κ2) is 14.4. The number of nitrogens with zero attached hydrogens (tertiary/aromatic N) is 4. The van der Waals surface area contributed by atoms with Gasteiger partial charge in [0.1, 0.15) is 11.2 Å². The molecule has 5 heterocycles. The van der Waals surface area contributed by atoms with Crippen LogP contribution in [0.3, 0.4) is 0 Å². The zero-order valence-corrected chi connectivity index (χ0v) is 35.1. The first-order valence-electron chi connectivity index (χ1n) is 20.9. The van der Waals surface area contributed by atoms with Gasteiger partial charge in [-0.05, 0) is 59.7 Å². The Bertz CT molecular complexity index is 3930. The molecule has 13 rings (SSSR count). The average Bonchev–Trinajstić information content (AvgIpc) is 4.05. The first kappa shape index (κ1) is 35.9. The minimum absolute atomic E-state index is 0.659. The molecule has 7 heteroatoms. The fourth-order valence-corrected chi connectivity index (χ4v) is 11.4. The van der Waals surface area contributed by atoms with Gasteiger partial charge in [0, 0.05) is 68.8 Å². The predicted molar refractivity (Wildman–Crippen MR) is 263 cm³/mol. The van der Waals surface area contributed by atoms with Crippen molar-refractivity contribution in [3.8, 4) is 67.7 Å². The van der Waals surface area contributed by atoms with Gasteiger partial charge >= 0.3 is 0 Å². The van der Waals surface area contributed by atoms with Crippen LogP contribution in [0.15, 0.2) is 199 Å². The van der Waals surface area contributed by atoms with Crippen molar-refractivity contribution in [1.29, 1.82) is 0 Å². The molecule has 0 aliphatic heterocycles. The van der Waals surface area contributed by atoms with Crippen molar-refractivity contribution in [2.45, 2.75) is 0 Å². The van der Waals surface area contributed by atoms with E-state index in [1.807, 2.05) is 53.8 Å². The summed E-state index contributed by atoms with van der Waals surface area (Å²) in [7, 11) is 0. The van der Waals surface area contributed by atoms with E-state index in [4.69, 9.17) is 24.4 Å². The van der Waals surface area contributed by atoms with Crippen LogP contribution >= 0.6 is 22.7 Å². The van der Waals surface area contributed by atoms with Crippen molar-refractivity contribution in [2.75, 3.05) is 0 Å². The van der Waals surface area contributed by atoms with Gasteiger partial charge in [-0.25, -0.2) is 19.9 Å². The molecule has 0 aliphatic carbocycles. The molecule has 0 N–H and O–H groups in total.